The third-order valence-electron chi connectivity index (χ3n) is 4.10. The molecular formula is C14H24N2O. The average Bonchev–Trinajstić information content (AvgIpc) is 2.75. The number of rotatable bonds is 4. The Bertz CT molecular complexity index is 266. The predicted octanol–water partition coefficient (Wildman–Crippen LogP) is 1.10. The van der Waals surface area contributed by atoms with Crippen molar-refractivity contribution in [2.45, 2.75) is 38.3 Å². The van der Waals surface area contributed by atoms with Gasteiger partial charge in [-0.2, -0.15) is 0 Å². The molecule has 0 bridgehead atoms. The zero-order valence-electron chi connectivity index (χ0n) is 10.8. The molecule has 17 heavy (non-hydrogen) atoms. The van der Waals surface area contributed by atoms with Crippen LogP contribution in [0.15, 0.2) is 0 Å². The lowest BCUT2D eigenvalue weighted by Crippen LogP contribution is -2.44. The highest BCUT2D eigenvalue weighted by atomic mass is 16.5. The molecule has 0 aromatic heterocycles. The first-order valence-corrected chi connectivity index (χ1v) is 6.80. The molecule has 2 atom stereocenters. The second-order valence-corrected chi connectivity index (χ2v) is 5.29. The van der Waals surface area contributed by atoms with E-state index < -0.39 is 0 Å². The van der Waals surface area contributed by atoms with Gasteiger partial charge in [-0.3, -0.25) is 4.90 Å². The molecule has 0 saturated carbocycles. The third-order valence-corrected chi connectivity index (χ3v) is 4.10. The maximum atomic E-state index is 5.58. The molecule has 0 amide bonds. The lowest BCUT2D eigenvalue weighted by molar-refractivity contribution is 0.103. The standard InChI is InChI=1S/C14H24N2O/c1-3-7-16-8-4-14(5-9-16)15-11-13-6-10-17-12(13)2/h1,12-15H,4-11H2,2H3. The Morgan fingerprint density at radius 3 is 2.71 bits per heavy atom. The van der Waals surface area contributed by atoms with E-state index in [1.807, 2.05) is 0 Å². The first kappa shape index (κ1) is 12.9. The van der Waals surface area contributed by atoms with Crippen LogP contribution in [0.1, 0.15) is 26.2 Å². The van der Waals surface area contributed by atoms with Crippen LogP contribution in [-0.4, -0.2) is 49.8 Å². The van der Waals surface area contributed by atoms with E-state index in [1.54, 1.807) is 0 Å². The van der Waals surface area contributed by atoms with Crippen molar-refractivity contribution in [2.75, 3.05) is 32.8 Å². The van der Waals surface area contributed by atoms with E-state index in [2.05, 4.69) is 23.1 Å². The highest BCUT2D eigenvalue weighted by Gasteiger charge is 2.25. The molecule has 2 saturated heterocycles. The number of nitrogens with zero attached hydrogens (tertiary/aromatic N) is 1. The molecule has 0 spiro atoms. The topological polar surface area (TPSA) is 24.5 Å². The van der Waals surface area contributed by atoms with Crippen LogP contribution in [0.3, 0.4) is 0 Å². The number of terminal acetylenes is 1. The van der Waals surface area contributed by atoms with Crippen molar-refractivity contribution in [1.29, 1.82) is 0 Å². The van der Waals surface area contributed by atoms with E-state index in [0.717, 1.165) is 32.8 Å². The minimum Gasteiger partial charge on any atom is -0.378 e. The fourth-order valence-electron chi connectivity index (χ4n) is 2.79. The smallest absolute Gasteiger partial charge is 0.0598 e. The summed E-state index contributed by atoms with van der Waals surface area (Å²) >= 11 is 0. The van der Waals surface area contributed by atoms with Gasteiger partial charge in [-0.25, -0.2) is 0 Å². The SMILES string of the molecule is C#CCN1CCC(NCC2CCOC2C)CC1. The van der Waals surface area contributed by atoms with Crippen molar-refractivity contribution in [2.24, 2.45) is 5.92 Å². The molecule has 96 valence electrons. The molecule has 2 rings (SSSR count). The minimum absolute atomic E-state index is 0.434. The summed E-state index contributed by atoms with van der Waals surface area (Å²) in [5.41, 5.74) is 0. The summed E-state index contributed by atoms with van der Waals surface area (Å²) in [5.74, 6) is 3.43. The lowest BCUT2D eigenvalue weighted by atomic mass is 10.00. The van der Waals surface area contributed by atoms with Crippen LogP contribution in [-0.2, 0) is 4.74 Å². The summed E-state index contributed by atoms with van der Waals surface area (Å²) < 4.78 is 5.58. The van der Waals surface area contributed by atoms with Gasteiger partial charge in [0.15, 0.2) is 0 Å². The molecule has 3 heteroatoms. The van der Waals surface area contributed by atoms with Crippen molar-refractivity contribution in [3.05, 3.63) is 0 Å². The second kappa shape index (κ2) is 6.39. The van der Waals surface area contributed by atoms with E-state index in [0.29, 0.717) is 18.1 Å². The van der Waals surface area contributed by atoms with Crippen molar-refractivity contribution in [1.82, 2.24) is 10.2 Å². The molecule has 0 aromatic rings. The lowest BCUT2D eigenvalue weighted by Gasteiger charge is -2.32. The summed E-state index contributed by atoms with van der Waals surface area (Å²) in [6.45, 7) is 7.32. The Morgan fingerprint density at radius 1 is 1.35 bits per heavy atom. The normalized spacial score (nSPS) is 31.5. The van der Waals surface area contributed by atoms with E-state index in [9.17, 15) is 0 Å². The number of ether oxygens (including phenoxy) is 1. The van der Waals surface area contributed by atoms with Gasteiger partial charge >= 0.3 is 0 Å². The molecule has 0 aromatic carbocycles. The van der Waals surface area contributed by atoms with Crippen molar-refractivity contribution < 1.29 is 4.74 Å². The van der Waals surface area contributed by atoms with Crippen LogP contribution in [0.4, 0.5) is 0 Å². The van der Waals surface area contributed by atoms with Crippen LogP contribution in [0.2, 0.25) is 0 Å². The molecule has 0 radical (unpaired) electrons. The Morgan fingerprint density at radius 2 is 2.12 bits per heavy atom. The molecule has 2 fully saturated rings. The van der Waals surface area contributed by atoms with E-state index in [4.69, 9.17) is 11.2 Å². The maximum Gasteiger partial charge on any atom is 0.0598 e. The summed E-state index contributed by atoms with van der Waals surface area (Å²) in [6, 6.07) is 0.678. The third kappa shape index (κ3) is 3.70. The zero-order valence-corrected chi connectivity index (χ0v) is 10.8. The fourth-order valence-corrected chi connectivity index (χ4v) is 2.79. The van der Waals surface area contributed by atoms with Gasteiger partial charge in [0.05, 0.1) is 12.6 Å². The number of piperidine rings is 1. The van der Waals surface area contributed by atoms with Crippen LogP contribution in [0.5, 0.6) is 0 Å². The second-order valence-electron chi connectivity index (χ2n) is 5.29. The summed E-state index contributed by atoms with van der Waals surface area (Å²) in [6.07, 6.45) is 9.43. The molecular weight excluding hydrogens is 212 g/mol. The molecule has 3 nitrogen and oxygen atoms in total. The number of hydrogen-bond donors (Lipinski definition) is 1. The minimum atomic E-state index is 0.434. The van der Waals surface area contributed by atoms with E-state index in [-0.39, 0.29) is 0 Å². The maximum absolute atomic E-state index is 5.58. The Labute approximate surface area is 105 Å². The fraction of sp³-hybridized carbons (Fsp3) is 0.857. The largest absolute Gasteiger partial charge is 0.378 e. The molecule has 0 aliphatic carbocycles. The quantitative estimate of drug-likeness (QED) is 0.740. The van der Waals surface area contributed by atoms with Crippen LogP contribution < -0.4 is 5.32 Å². The number of likely N-dealkylation sites (tertiary alicyclic amines) is 1. The summed E-state index contributed by atoms with van der Waals surface area (Å²) in [4.78, 5) is 2.36. The number of nitrogens with one attached hydrogen (secondary N) is 1. The van der Waals surface area contributed by atoms with Gasteiger partial charge in [-0.1, -0.05) is 5.92 Å². The van der Waals surface area contributed by atoms with Crippen molar-refractivity contribution >= 4 is 0 Å². The zero-order chi connectivity index (χ0) is 12.1. The first-order valence-electron chi connectivity index (χ1n) is 6.80. The van der Waals surface area contributed by atoms with Gasteiger partial charge in [-0.05, 0) is 32.1 Å². The highest BCUT2D eigenvalue weighted by Crippen LogP contribution is 2.20. The van der Waals surface area contributed by atoms with Gasteiger partial charge in [0.1, 0.15) is 0 Å². The summed E-state index contributed by atoms with van der Waals surface area (Å²) in [5, 5.41) is 3.70. The monoisotopic (exact) mass is 236 g/mol. The molecule has 2 aliphatic heterocycles. The van der Waals surface area contributed by atoms with Gasteiger partial charge in [0, 0.05) is 32.3 Å². The first-order chi connectivity index (χ1) is 8.29. The van der Waals surface area contributed by atoms with Gasteiger partial charge in [0.25, 0.3) is 0 Å². The van der Waals surface area contributed by atoms with Gasteiger partial charge in [0.2, 0.25) is 0 Å². The average molecular weight is 236 g/mol. The Kier molecular flexibility index (Phi) is 4.85. The summed E-state index contributed by atoms with van der Waals surface area (Å²) in [7, 11) is 0. The molecule has 2 heterocycles. The Hall–Kier alpha value is -0.560. The van der Waals surface area contributed by atoms with E-state index in [1.165, 1.54) is 19.3 Å². The number of hydrogen-bond acceptors (Lipinski definition) is 3. The Balaban J connectivity index is 1.63. The van der Waals surface area contributed by atoms with Crippen LogP contribution in [0.25, 0.3) is 0 Å². The predicted molar refractivity (Wildman–Crippen MR) is 69.8 cm³/mol. The highest BCUT2D eigenvalue weighted by molar-refractivity contribution is 4.90. The van der Waals surface area contributed by atoms with Crippen LogP contribution >= 0.6 is 0 Å². The van der Waals surface area contributed by atoms with Gasteiger partial charge < -0.3 is 10.1 Å². The van der Waals surface area contributed by atoms with Crippen LogP contribution in [0, 0.1) is 18.3 Å². The molecule has 2 unspecified atom stereocenters. The van der Waals surface area contributed by atoms with Crippen molar-refractivity contribution in [3.63, 3.8) is 0 Å². The molecule has 1 N–H and O–H groups in total. The van der Waals surface area contributed by atoms with Crippen molar-refractivity contribution in [3.8, 4) is 12.3 Å². The van der Waals surface area contributed by atoms with Gasteiger partial charge in [-0.15, -0.1) is 6.42 Å². The molecule has 2 aliphatic rings. The van der Waals surface area contributed by atoms with E-state index >= 15 is 0 Å².